The van der Waals surface area contributed by atoms with E-state index in [-0.39, 0.29) is 6.04 Å². The molecule has 4 heteroatoms. The highest BCUT2D eigenvalue weighted by Crippen LogP contribution is 2.46. The molecule has 9 rings (SSSR count). The summed E-state index contributed by atoms with van der Waals surface area (Å²) in [5, 5.41) is 7.67. The van der Waals surface area contributed by atoms with Crippen molar-refractivity contribution in [2.24, 2.45) is 5.92 Å². The van der Waals surface area contributed by atoms with Crippen LogP contribution in [0.5, 0.6) is 0 Å². The van der Waals surface area contributed by atoms with Crippen LogP contribution in [-0.4, -0.2) is 13.8 Å². The molecule has 200 valence electrons. The van der Waals surface area contributed by atoms with Gasteiger partial charge in [-0.25, -0.2) is 0 Å². The maximum Gasteiger partial charge on any atom is 0.0947 e. The fourth-order valence-corrected chi connectivity index (χ4v) is 7.84. The maximum absolute atomic E-state index is 6.96. The van der Waals surface area contributed by atoms with Crippen molar-refractivity contribution in [1.82, 2.24) is 13.8 Å². The summed E-state index contributed by atoms with van der Waals surface area (Å²) in [4.78, 5) is 0. The lowest BCUT2D eigenvalue weighted by molar-refractivity contribution is 0.432. The zero-order valence-corrected chi connectivity index (χ0v) is 23.2. The SMILES string of the molecule is CC1CC=CC(n2c3ccc4c(c5ccccc5n4C4=CC=CCC4)c3c3ccc4c5ccccc5n(N)c4c32)C1. The summed E-state index contributed by atoms with van der Waals surface area (Å²) in [7, 11) is 0. The number of nitrogens with zero attached hydrogens (tertiary/aromatic N) is 3. The van der Waals surface area contributed by atoms with Gasteiger partial charge in [0, 0.05) is 38.0 Å². The summed E-state index contributed by atoms with van der Waals surface area (Å²) in [5.41, 5.74) is 8.62. The highest BCUT2D eigenvalue weighted by atomic mass is 15.3. The van der Waals surface area contributed by atoms with E-state index in [0.717, 1.165) is 36.7 Å². The summed E-state index contributed by atoms with van der Waals surface area (Å²) in [6.45, 7) is 2.37. The number of hydrogen-bond donors (Lipinski definition) is 1. The third-order valence-electron chi connectivity index (χ3n) is 9.58. The molecule has 2 atom stereocenters. The van der Waals surface area contributed by atoms with Gasteiger partial charge in [-0.15, -0.1) is 0 Å². The Bertz CT molecular complexity index is 2300. The zero-order valence-electron chi connectivity index (χ0n) is 23.2. The molecule has 2 aliphatic rings. The predicted molar refractivity (Wildman–Crippen MR) is 175 cm³/mol. The Morgan fingerprint density at radius 2 is 1.46 bits per heavy atom. The van der Waals surface area contributed by atoms with Gasteiger partial charge in [-0.2, -0.15) is 0 Å². The predicted octanol–water partition coefficient (Wildman–Crippen LogP) is 9.44. The Hall–Kier alpha value is -4.70. The van der Waals surface area contributed by atoms with Gasteiger partial charge in [-0.1, -0.05) is 79.8 Å². The van der Waals surface area contributed by atoms with Gasteiger partial charge >= 0.3 is 0 Å². The number of allylic oxidation sites excluding steroid dienone is 6. The number of nitrogens with two attached hydrogens (primary N) is 1. The van der Waals surface area contributed by atoms with Gasteiger partial charge in [-0.05, 0) is 61.9 Å². The molecule has 7 aromatic rings. The molecule has 0 aliphatic heterocycles. The Morgan fingerprint density at radius 3 is 2.29 bits per heavy atom. The van der Waals surface area contributed by atoms with Crippen LogP contribution in [0.1, 0.15) is 38.6 Å². The molecule has 0 fully saturated rings. The molecule has 2 unspecified atom stereocenters. The molecule has 3 aromatic heterocycles. The highest BCUT2D eigenvalue weighted by molar-refractivity contribution is 6.32. The van der Waals surface area contributed by atoms with Crippen molar-refractivity contribution in [2.45, 2.75) is 38.6 Å². The average Bonchev–Trinajstić information content (AvgIpc) is 3.63. The van der Waals surface area contributed by atoms with Crippen molar-refractivity contribution in [3.8, 4) is 0 Å². The van der Waals surface area contributed by atoms with E-state index in [1.807, 2.05) is 4.68 Å². The van der Waals surface area contributed by atoms with Gasteiger partial charge in [0.15, 0.2) is 0 Å². The molecule has 0 amide bonds. The lowest BCUT2D eigenvalue weighted by atomic mass is 9.92. The second kappa shape index (κ2) is 8.40. The first-order valence-electron chi connectivity index (χ1n) is 14.9. The van der Waals surface area contributed by atoms with Crippen LogP contribution in [-0.2, 0) is 0 Å². The van der Waals surface area contributed by atoms with E-state index in [1.165, 1.54) is 60.1 Å². The summed E-state index contributed by atoms with van der Waals surface area (Å²) >= 11 is 0. The Balaban J connectivity index is 1.52. The van der Waals surface area contributed by atoms with Crippen molar-refractivity contribution in [3.63, 3.8) is 0 Å². The van der Waals surface area contributed by atoms with Gasteiger partial charge in [0.2, 0.25) is 0 Å². The lowest BCUT2D eigenvalue weighted by Crippen LogP contribution is -2.15. The molecule has 4 nitrogen and oxygen atoms in total. The Morgan fingerprint density at radius 1 is 0.707 bits per heavy atom. The normalized spacial score (nSPS) is 19.5. The smallest absolute Gasteiger partial charge is 0.0947 e. The molecule has 2 aliphatic carbocycles. The minimum Gasteiger partial charge on any atom is -0.338 e. The first-order chi connectivity index (χ1) is 20.2. The Kier molecular flexibility index (Phi) is 4.72. The van der Waals surface area contributed by atoms with Gasteiger partial charge in [0.25, 0.3) is 0 Å². The molecule has 0 bridgehead atoms. The molecule has 3 heterocycles. The van der Waals surface area contributed by atoms with E-state index in [4.69, 9.17) is 5.84 Å². The van der Waals surface area contributed by atoms with Gasteiger partial charge in [0.05, 0.1) is 39.1 Å². The van der Waals surface area contributed by atoms with Crippen LogP contribution in [0, 0.1) is 5.92 Å². The average molecular weight is 533 g/mol. The van der Waals surface area contributed by atoms with E-state index < -0.39 is 0 Å². The summed E-state index contributed by atoms with van der Waals surface area (Å²) in [6.07, 6.45) is 15.9. The standard InChI is InChI=1S/C37H32N4/c1-23-10-9-13-25(22-23)40-33-21-20-32-34(28-15-6-7-16-30(28)39(32)24-11-3-2-4-12-24)35(33)29-19-18-27-26-14-5-8-17-31(26)41(38)37(27)36(29)40/h2-3,5-9,11,13-21,23,25H,4,10,12,22,38H2,1H3. The van der Waals surface area contributed by atoms with Crippen LogP contribution in [0.15, 0.2) is 103 Å². The molecular formula is C37H32N4. The lowest BCUT2D eigenvalue weighted by Gasteiger charge is -2.25. The van der Waals surface area contributed by atoms with Crippen molar-refractivity contribution in [1.29, 1.82) is 0 Å². The van der Waals surface area contributed by atoms with Crippen molar-refractivity contribution >= 4 is 71.1 Å². The maximum atomic E-state index is 6.96. The van der Waals surface area contributed by atoms with Crippen LogP contribution in [0.3, 0.4) is 0 Å². The van der Waals surface area contributed by atoms with Crippen LogP contribution >= 0.6 is 0 Å². The fraction of sp³-hybridized carbons (Fsp3) is 0.189. The molecule has 0 saturated heterocycles. The van der Waals surface area contributed by atoms with E-state index in [0.29, 0.717) is 5.92 Å². The van der Waals surface area contributed by atoms with Gasteiger partial charge in [0.1, 0.15) is 0 Å². The Labute approximate surface area is 238 Å². The quantitative estimate of drug-likeness (QED) is 0.175. The molecule has 41 heavy (non-hydrogen) atoms. The monoisotopic (exact) mass is 532 g/mol. The second-order valence-electron chi connectivity index (χ2n) is 12.0. The third kappa shape index (κ3) is 3.05. The van der Waals surface area contributed by atoms with E-state index in [9.17, 15) is 0 Å². The van der Waals surface area contributed by atoms with E-state index in [1.54, 1.807) is 0 Å². The molecule has 4 aromatic carbocycles. The van der Waals surface area contributed by atoms with Crippen molar-refractivity contribution < 1.29 is 0 Å². The summed E-state index contributed by atoms with van der Waals surface area (Å²) in [6, 6.07) is 27.1. The third-order valence-corrected chi connectivity index (χ3v) is 9.58. The van der Waals surface area contributed by atoms with Gasteiger partial charge in [-0.3, -0.25) is 4.68 Å². The topological polar surface area (TPSA) is 40.8 Å². The fourth-order valence-electron chi connectivity index (χ4n) is 7.84. The largest absolute Gasteiger partial charge is 0.338 e. The molecular weight excluding hydrogens is 500 g/mol. The number of rotatable bonds is 2. The van der Waals surface area contributed by atoms with Crippen LogP contribution in [0.25, 0.3) is 71.1 Å². The molecule has 0 radical (unpaired) electrons. The number of fused-ring (bicyclic) bond motifs is 11. The summed E-state index contributed by atoms with van der Waals surface area (Å²) < 4.78 is 7.03. The van der Waals surface area contributed by atoms with Crippen LogP contribution < -0.4 is 5.84 Å². The second-order valence-corrected chi connectivity index (χ2v) is 12.0. The highest BCUT2D eigenvalue weighted by Gasteiger charge is 2.27. The number of hydrogen-bond acceptors (Lipinski definition) is 1. The molecule has 0 saturated carbocycles. The number of para-hydroxylation sites is 2. The summed E-state index contributed by atoms with van der Waals surface area (Å²) in [5.74, 6) is 7.60. The van der Waals surface area contributed by atoms with Gasteiger partial charge < -0.3 is 15.0 Å². The molecule has 2 N–H and O–H groups in total. The number of nitrogen functional groups attached to an aromatic ring is 1. The number of aromatic nitrogens is 3. The number of benzene rings is 4. The van der Waals surface area contributed by atoms with E-state index >= 15 is 0 Å². The first-order valence-corrected chi connectivity index (χ1v) is 14.9. The first kappa shape index (κ1) is 23.0. The van der Waals surface area contributed by atoms with Crippen LogP contribution in [0.4, 0.5) is 0 Å². The van der Waals surface area contributed by atoms with Crippen molar-refractivity contribution in [3.05, 3.63) is 103 Å². The minimum atomic E-state index is 0.277. The zero-order chi connectivity index (χ0) is 27.2. The van der Waals surface area contributed by atoms with Crippen molar-refractivity contribution in [2.75, 3.05) is 5.84 Å². The van der Waals surface area contributed by atoms with E-state index in [2.05, 4.69) is 119 Å². The molecule has 0 spiro atoms. The minimum absolute atomic E-state index is 0.277. The van der Waals surface area contributed by atoms with Crippen LogP contribution in [0.2, 0.25) is 0 Å².